The van der Waals surface area contributed by atoms with Gasteiger partial charge in [-0.1, -0.05) is 31.1 Å². The fourth-order valence-corrected chi connectivity index (χ4v) is 5.11. The summed E-state index contributed by atoms with van der Waals surface area (Å²) in [5, 5.41) is 22.4. The molecule has 0 saturated carbocycles. The number of halogens is 2. The molecule has 36 heavy (non-hydrogen) atoms. The Hall–Kier alpha value is -3.46. The predicted molar refractivity (Wildman–Crippen MR) is 130 cm³/mol. The van der Waals surface area contributed by atoms with E-state index in [-0.39, 0.29) is 54.4 Å². The fraction of sp³-hybridized carbons (Fsp3) is 0.407. The van der Waals surface area contributed by atoms with Crippen LogP contribution >= 0.6 is 0 Å². The predicted octanol–water partition coefficient (Wildman–Crippen LogP) is 4.81. The zero-order chi connectivity index (χ0) is 26.0. The molecular formula is C27H30F2N4O3. The number of allylic oxidation sites excluding steroid dienone is 1. The molecular weight excluding hydrogens is 466 g/mol. The topological polar surface area (TPSA) is 92.3 Å². The summed E-state index contributed by atoms with van der Waals surface area (Å²) in [5.74, 6) is -1.33. The van der Waals surface area contributed by atoms with Crippen molar-refractivity contribution in [3.8, 4) is 11.3 Å². The normalized spacial score (nSPS) is 19.2. The summed E-state index contributed by atoms with van der Waals surface area (Å²) in [6.45, 7) is 9.89. The van der Waals surface area contributed by atoms with E-state index in [2.05, 4.69) is 21.9 Å². The van der Waals surface area contributed by atoms with Crippen LogP contribution in [0, 0.1) is 24.5 Å². The van der Waals surface area contributed by atoms with Crippen molar-refractivity contribution in [3.05, 3.63) is 77.3 Å². The second kappa shape index (κ2) is 10.3. The van der Waals surface area contributed by atoms with E-state index in [9.17, 15) is 18.7 Å². The quantitative estimate of drug-likeness (QED) is 0.450. The fourth-order valence-electron chi connectivity index (χ4n) is 5.11. The molecule has 0 aliphatic heterocycles. The molecule has 2 atom stereocenters. The van der Waals surface area contributed by atoms with Gasteiger partial charge in [0.25, 0.3) is 5.91 Å². The molecule has 7 nitrogen and oxygen atoms in total. The third-order valence-electron chi connectivity index (χ3n) is 7.18. The van der Waals surface area contributed by atoms with Crippen LogP contribution in [-0.4, -0.2) is 51.0 Å². The van der Waals surface area contributed by atoms with Crippen LogP contribution in [0.1, 0.15) is 60.1 Å². The lowest BCUT2D eigenvalue weighted by Gasteiger charge is -2.45. The number of aromatic nitrogens is 3. The lowest BCUT2D eigenvalue weighted by atomic mass is 9.63. The van der Waals surface area contributed by atoms with Gasteiger partial charge in [0.2, 0.25) is 0 Å². The van der Waals surface area contributed by atoms with Gasteiger partial charge in [0.15, 0.2) is 5.69 Å². The molecule has 1 aliphatic carbocycles. The number of carbonyl (C=O) groups is 1. The molecule has 0 spiro atoms. The van der Waals surface area contributed by atoms with Gasteiger partial charge in [0, 0.05) is 30.5 Å². The van der Waals surface area contributed by atoms with Gasteiger partial charge in [0.05, 0.1) is 23.6 Å². The molecule has 1 aliphatic rings. The van der Waals surface area contributed by atoms with Crippen molar-refractivity contribution in [3.63, 3.8) is 0 Å². The number of amides is 1. The van der Waals surface area contributed by atoms with E-state index >= 15 is 0 Å². The van der Waals surface area contributed by atoms with E-state index in [1.165, 1.54) is 18.2 Å². The van der Waals surface area contributed by atoms with E-state index < -0.39 is 17.0 Å². The monoisotopic (exact) mass is 496 g/mol. The largest absolute Gasteiger partial charge is 0.395 e. The molecule has 2 heterocycles. The van der Waals surface area contributed by atoms with E-state index in [1.54, 1.807) is 30.0 Å². The SMILES string of the molecule is C=C[C@H]1CC[C@@](CN(CCO)C(=O)c2cc(C)on2)(C(C)C)c2nnc(-c3c(F)cccc3F)cc21. The minimum atomic E-state index is -0.715. The Labute approximate surface area is 208 Å². The van der Waals surface area contributed by atoms with E-state index in [0.29, 0.717) is 24.3 Å². The van der Waals surface area contributed by atoms with Crippen LogP contribution in [0.15, 0.2) is 47.5 Å². The average molecular weight is 497 g/mol. The summed E-state index contributed by atoms with van der Waals surface area (Å²) in [5.41, 5.74) is 0.883. The molecule has 0 radical (unpaired) electrons. The zero-order valence-electron chi connectivity index (χ0n) is 20.7. The van der Waals surface area contributed by atoms with Gasteiger partial charge < -0.3 is 14.5 Å². The highest BCUT2D eigenvalue weighted by Gasteiger charge is 2.46. The first-order valence-corrected chi connectivity index (χ1v) is 12.0. The number of aliphatic hydroxyl groups excluding tert-OH is 1. The van der Waals surface area contributed by atoms with Crippen molar-refractivity contribution in [1.82, 2.24) is 20.3 Å². The number of rotatable bonds is 8. The number of hydrogen-bond acceptors (Lipinski definition) is 6. The van der Waals surface area contributed by atoms with Gasteiger partial charge in [-0.2, -0.15) is 10.2 Å². The molecule has 4 rings (SSSR count). The van der Waals surface area contributed by atoms with Gasteiger partial charge in [-0.3, -0.25) is 4.79 Å². The number of nitrogens with zero attached hydrogens (tertiary/aromatic N) is 4. The maximum atomic E-state index is 14.5. The van der Waals surface area contributed by atoms with E-state index in [4.69, 9.17) is 4.52 Å². The molecule has 1 amide bonds. The maximum absolute atomic E-state index is 14.5. The Morgan fingerprint density at radius 2 is 2.03 bits per heavy atom. The van der Waals surface area contributed by atoms with Crippen molar-refractivity contribution in [1.29, 1.82) is 0 Å². The first-order chi connectivity index (χ1) is 17.2. The molecule has 9 heteroatoms. The Kier molecular flexibility index (Phi) is 7.31. The first-order valence-electron chi connectivity index (χ1n) is 12.0. The van der Waals surface area contributed by atoms with Crippen LogP contribution in [-0.2, 0) is 5.41 Å². The molecule has 1 N–H and O–H groups in total. The number of benzene rings is 1. The summed E-state index contributed by atoms with van der Waals surface area (Å²) in [6, 6.07) is 6.93. The molecule has 1 aromatic carbocycles. The molecule has 2 aromatic heterocycles. The minimum absolute atomic E-state index is 0.0281. The van der Waals surface area contributed by atoms with Gasteiger partial charge >= 0.3 is 0 Å². The Bertz CT molecular complexity index is 1260. The molecule has 0 unspecified atom stereocenters. The van der Waals surface area contributed by atoms with Crippen molar-refractivity contribution in [2.75, 3.05) is 19.7 Å². The lowest BCUT2D eigenvalue weighted by Crippen LogP contribution is -2.50. The lowest BCUT2D eigenvalue weighted by molar-refractivity contribution is 0.0604. The molecule has 0 bridgehead atoms. The number of hydrogen-bond donors (Lipinski definition) is 1. The van der Waals surface area contributed by atoms with Crippen molar-refractivity contribution < 1.29 is 23.2 Å². The van der Waals surface area contributed by atoms with E-state index in [1.807, 2.05) is 13.8 Å². The van der Waals surface area contributed by atoms with Gasteiger partial charge in [0.1, 0.15) is 17.4 Å². The highest BCUT2D eigenvalue weighted by Crippen LogP contribution is 2.47. The number of aliphatic hydroxyl groups is 1. The average Bonchev–Trinajstić information content (AvgIpc) is 3.29. The Morgan fingerprint density at radius 3 is 2.61 bits per heavy atom. The highest BCUT2D eigenvalue weighted by molar-refractivity contribution is 5.92. The summed E-state index contributed by atoms with van der Waals surface area (Å²) in [6.07, 6.45) is 3.20. The molecule has 0 fully saturated rings. The maximum Gasteiger partial charge on any atom is 0.276 e. The molecule has 3 aromatic rings. The van der Waals surface area contributed by atoms with Crippen LogP contribution in [0.4, 0.5) is 8.78 Å². The van der Waals surface area contributed by atoms with Crippen molar-refractivity contribution in [2.45, 2.75) is 44.9 Å². The Morgan fingerprint density at radius 1 is 1.31 bits per heavy atom. The van der Waals surface area contributed by atoms with Crippen molar-refractivity contribution >= 4 is 5.91 Å². The smallest absolute Gasteiger partial charge is 0.276 e. The van der Waals surface area contributed by atoms with Gasteiger partial charge in [-0.05, 0) is 49.4 Å². The van der Waals surface area contributed by atoms with Crippen LogP contribution in [0.5, 0.6) is 0 Å². The second-order valence-corrected chi connectivity index (χ2v) is 9.60. The summed E-state index contributed by atoms with van der Waals surface area (Å²) in [7, 11) is 0. The van der Waals surface area contributed by atoms with Crippen LogP contribution < -0.4 is 0 Å². The first kappa shape index (κ1) is 25.6. The number of carbonyl (C=O) groups excluding carboxylic acids is 1. The number of aryl methyl sites for hydroxylation is 1. The minimum Gasteiger partial charge on any atom is -0.395 e. The van der Waals surface area contributed by atoms with Crippen molar-refractivity contribution in [2.24, 2.45) is 5.92 Å². The Balaban J connectivity index is 1.81. The third kappa shape index (κ3) is 4.55. The van der Waals surface area contributed by atoms with Gasteiger partial charge in [-0.25, -0.2) is 8.78 Å². The molecule has 0 saturated heterocycles. The summed E-state index contributed by atoms with van der Waals surface area (Å²) < 4.78 is 34.1. The summed E-state index contributed by atoms with van der Waals surface area (Å²) >= 11 is 0. The summed E-state index contributed by atoms with van der Waals surface area (Å²) in [4.78, 5) is 14.8. The zero-order valence-corrected chi connectivity index (χ0v) is 20.7. The van der Waals surface area contributed by atoms with Gasteiger partial charge in [-0.15, -0.1) is 6.58 Å². The van der Waals surface area contributed by atoms with Crippen LogP contribution in [0.3, 0.4) is 0 Å². The third-order valence-corrected chi connectivity index (χ3v) is 7.18. The highest BCUT2D eigenvalue weighted by atomic mass is 19.1. The standard InChI is InChI=1S/C27H30F2N4O3/c1-5-18-9-10-27(16(2)3,15-33(11-12-34)26(35)23-13-17(4)36-32-23)25-19(18)14-22(30-31-25)24-20(28)7-6-8-21(24)29/h5-8,13-14,16,18,34H,1,9-12,15H2,2-4H3/t18-,27+/m0/s1. The van der Waals surface area contributed by atoms with Crippen LogP contribution in [0.2, 0.25) is 0 Å². The second-order valence-electron chi connectivity index (χ2n) is 9.60. The number of fused-ring (bicyclic) bond motifs is 1. The van der Waals surface area contributed by atoms with E-state index in [0.717, 1.165) is 5.56 Å². The molecule has 190 valence electrons. The van der Waals surface area contributed by atoms with Crippen LogP contribution in [0.25, 0.3) is 11.3 Å².